The van der Waals surface area contributed by atoms with E-state index in [0.29, 0.717) is 5.02 Å². The lowest BCUT2D eigenvalue weighted by Crippen LogP contribution is -2.07. The zero-order chi connectivity index (χ0) is 14.8. The molecule has 2 rings (SSSR count). The van der Waals surface area contributed by atoms with Crippen molar-refractivity contribution in [3.63, 3.8) is 0 Å². The standard InChI is InChI=1S/C15H10ClF3O/c16-13-3-1-2-10(8-13)9-14(20)11-4-6-12(7-5-11)15(17,18)19/h1-8H,9H2. The second-order valence-electron chi connectivity index (χ2n) is 4.30. The Hall–Kier alpha value is -1.81. The fourth-order valence-corrected chi connectivity index (χ4v) is 1.99. The van der Waals surface area contributed by atoms with Gasteiger partial charge in [0, 0.05) is 17.0 Å². The van der Waals surface area contributed by atoms with Crippen molar-refractivity contribution in [2.45, 2.75) is 12.6 Å². The molecule has 0 saturated carbocycles. The van der Waals surface area contributed by atoms with Crippen LogP contribution in [0, 0.1) is 0 Å². The molecule has 2 aromatic carbocycles. The summed E-state index contributed by atoms with van der Waals surface area (Å²) in [6.45, 7) is 0. The Labute approximate surface area is 119 Å². The van der Waals surface area contributed by atoms with Crippen LogP contribution in [0.2, 0.25) is 5.02 Å². The van der Waals surface area contributed by atoms with Gasteiger partial charge >= 0.3 is 6.18 Å². The van der Waals surface area contributed by atoms with E-state index < -0.39 is 11.7 Å². The number of benzene rings is 2. The van der Waals surface area contributed by atoms with Crippen molar-refractivity contribution in [1.29, 1.82) is 0 Å². The topological polar surface area (TPSA) is 17.1 Å². The first kappa shape index (κ1) is 14.6. The quantitative estimate of drug-likeness (QED) is 0.745. The van der Waals surface area contributed by atoms with Gasteiger partial charge in [-0.25, -0.2) is 0 Å². The molecule has 1 nitrogen and oxygen atoms in total. The van der Waals surface area contributed by atoms with E-state index in [-0.39, 0.29) is 17.8 Å². The molecule has 0 atom stereocenters. The Kier molecular flexibility index (Phi) is 4.14. The Balaban J connectivity index is 2.14. The number of carbonyl (C=O) groups excluding carboxylic acids is 1. The van der Waals surface area contributed by atoms with E-state index in [4.69, 9.17) is 11.6 Å². The predicted octanol–water partition coefficient (Wildman–Crippen LogP) is 4.78. The first-order valence-electron chi connectivity index (χ1n) is 5.81. The van der Waals surface area contributed by atoms with Gasteiger partial charge in [0.05, 0.1) is 5.56 Å². The van der Waals surface area contributed by atoms with Crippen LogP contribution in [0.1, 0.15) is 21.5 Å². The number of rotatable bonds is 3. The molecule has 0 aliphatic heterocycles. The smallest absolute Gasteiger partial charge is 0.294 e. The molecule has 0 fully saturated rings. The fourth-order valence-electron chi connectivity index (χ4n) is 1.78. The summed E-state index contributed by atoms with van der Waals surface area (Å²) in [5.74, 6) is -0.249. The van der Waals surface area contributed by atoms with Crippen LogP contribution < -0.4 is 0 Å². The summed E-state index contributed by atoms with van der Waals surface area (Å²) in [5, 5.41) is 0.516. The third-order valence-corrected chi connectivity index (χ3v) is 3.02. The van der Waals surface area contributed by atoms with E-state index in [9.17, 15) is 18.0 Å². The summed E-state index contributed by atoms with van der Waals surface area (Å²) < 4.78 is 37.2. The zero-order valence-corrected chi connectivity index (χ0v) is 11.0. The fraction of sp³-hybridized carbons (Fsp3) is 0.133. The summed E-state index contributed by atoms with van der Waals surface area (Å²) in [7, 11) is 0. The van der Waals surface area contributed by atoms with Crippen molar-refractivity contribution < 1.29 is 18.0 Å². The maximum Gasteiger partial charge on any atom is 0.416 e. The van der Waals surface area contributed by atoms with E-state index >= 15 is 0 Å². The van der Waals surface area contributed by atoms with Gasteiger partial charge in [-0.15, -0.1) is 0 Å². The van der Waals surface area contributed by atoms with Crippen molar-refractivity contribution in [2.75, 3.05) is 0 Å². The van der Waals surface area contributed by atoms with Gasteiger partial charge in [-0.3, -0.25) is 4.79 Å². The number of halogens is 4. The molecule has 0 aliphatic carbocycles. The molecule has 0 radical (unpaired) electrons. The molecule has 2 aromatic rings. The molecule has 5 heteroatoms. The maximum absolute atomic E-state index is 12.4. The number of hydrogen-bond acceptors (Lipinski definition) is 1. The summed E-state index contributed by atoms with van der Waals surface area (Å²) >= 11 is 5.81. The van der Waals surface area contributed by atoms with E-state index in [1.54, 1.807) is 24.3 Å². The molecular weight excluding hydrogens is 289 g/mol. The van der Waals surface area contributed by atoms with Gasteiger partial charge < -0.3 is 0 Å². The largest absolute Gasteiger partial charge is 0.416 e. The Morgan fingerprint density at radius 1 is 1.05 bits per heavy atom. The summed E-state index contributed by atoms with van der Waals surface area (Å²) in [4.78, 5) is 12.0. The highest BCUT2D eigenvalue weighted by atomic mass is 35.5. The predicted molar refractivity (Wildman–Crippen MR) is 70.9 cm³/mol. The minimum Gasteiger partial charge on any atom is -0.294 e. The molecule has 0 saturated heterocycles. The van der Waals surface area contributed by atoms with Crippen molar-refractivity contribution in [1.82, 2.24) is 0 Å². The lowest BCUT2D eigenvalue weighted by molar-refractivity contribution is -0.137. The number of Topliss-reactive ketones (excluding diaryl/α,β-unsaturated/α-hetero) is 1. The highest BCUT2D eigenvalue weighted by Crippen LogP contribution is 2.29. The summed E-state index contributed by atoms with van der Waals surface area (Å²) in [5.41, 5.74) is 0.206. The average Bonchev–Trinajstić information content (AvgIpc) is 2.38. The monoisotopic (exact) mass is 298 g/mol. The van der Waals surface area contributed by atoms with Crippen molar-refractivity contribution in [3.05, 3.63) is 70.2 Å². The number of carbonyl (C=O) groups is 1. The van der Waals surface area contributed by atoms with E-state index in [1.165, 1.54) is 12.1 Å². The lowest BCUT2D eigenvalue weighted by Gasteiger charge is -2.07. The molecule has 0 unspecified atom stereocenters. The van der Waals surface area contributed by atoms with Gasteiger partial charge in [0.2, 0.25) is 0 Å². The van der Waals surface area contributed by atoms with Gasteiger partial charge in [0.1, 0.15) is 0 Å². The third kappa shape index (κ3) is 3.61. The number of hydrogen-bond donors (Lipinski definition) is 0. The zero-order valence-electron chi connectivity index (χ0n) is 10.2. The highest BCUT2D eigenvalue weighted by molar-refractivity contribution is 6.30. The first-order valence-corrected chi connectivity index (χ1v) is 6.19. The molecule has 0 N–H and O–H groups in total. The molecule has 0 aromatic heterocycles. The van der Waals surface area contributed by atoms with E-state index in [2.05, 4.69) is 0 Å². The minimum absolute atomic E-state index is 0.103. The lowest BCUT2D eigenvalue weighted by atomic mass is 10.0. The summed E-state index contributed by atoms with van der Waals surface area (Å²) in [6, 6.07) is 11.0. The van der Waals surface area contributed by atoms with Crippen LogP contribution in [0.15, 0.2) is 48.5 Å². The van der Waals surface area contributed by atoms with Crippen LogP contribution >= 0.6 is 11.6 Å². The van der Waals surface area contributed by atoms with E-state index in [1.807, 2.05) is 0 Å². The number of alkyl halides is 3. The van der Waals surface area contributed by atoms with Crippen molar-refractivity contribution >= 4 is 17.4 Å². The van der Waals surface area contributed by atoms with Crippen LogP contribution in [0.4, 0.5) is 13.2 Å². The molecular formula is C15H10ClF3O. The first-order chi connectivity index (χ1) is 9.36. The normalized spacial score (nSPS) is 11.4. The Bertz CT molecular complexity index is 618. The molecule has 0 heterocycles. The molecule has 0 amide bonds. The van der Waals surface area contributed by atoms with E-state index in [0.717, 1.165) is 17.7 Å². The molecule has 0 spiro atoms. The maximum atomic E-state index is 12.4. The highest BCUT2D eigenvalue weighted by Gasteiger charge is 2.30. The second-order valence-corrected chi connectivity index (χ2v) is 4.74. The molecule has 104 valence electrons. The molecule has 0 bridgehead atoms. The molecule has 20 heavy (non-hydrogen) atoms. The second kappa shape index (κ2) is 5.67. The molecule has 0 aliphatic rings. The van der Waals surface area contributed by atoms with Gasteiger partial charge in [-0.2, -0.15) is 13.2 Å². The van der Waals surface area contributed by atoms with Gasteiger partial charge in [-0.05, 0) is 29.8 Å². The van der Waals surface area contributed by atoms with Crippen LogP contribution in [-0.4, -0.2) is 5.78 Å². The van der Waals surface area contributed by atoms with Crippen molar-refractivity contribution in [3.8, 4) is 0 Å². The Morgan fingerprint density at radius 2 is 1.70 bits per heavy atom. The van der Waals surface area contributed by atoms with Gasteiger partial charge in [0.25, 0.3) is 0 Å². The van der Waals surface area contributed by atoms with Crippen molar-refractivity contribution in [2.24, 2.45) is 0 Å². The van der Waals surface area contributed by atoms with Crippen LogP contribution in [0.25, 0.3) is 0 Å². The third-order valence-electron chi connectivity index (χ3n) is 2.79. The number of ketones is 1. The van der Waals surface area contributed by atoms with Gasteiger partial charge in [0.15, 0.2) is 5.78 Å². The Morgan fingerprint density at radius 3 is 2.25 bits per heavy atom. The minimum atomic E-state index is -4.39. The SMILES string of the molecule is O=C(Cc1cccc(Cl)c1)c1ccc(C(F)(F)F)cc1. The van der Waals surface area contributed by atoms with Crippen LogP contribution in [-0.2, 0) is 12.6 Å². The van der Waals surface area contributed by atoms with Crippen LogP contribution in [0.3, 0.4) is 0 Å². The average molecular weight is 299 g/mol. The van der Waals surface area contributed by atoms with Crippen LogP contribution in [0.5, 0.6) is 0 Å². The van der Waals surface area contributed by atoms with Gasteiger partial charge in [-0.1, -0.05) is 35.9 Å². The summed E-state index contributed by atoms with van der Waals surface area (Å²) in [6.07, 6.45) is -4.29.